The van der Waals surface area contributed by atoms with Gasteiger partial charge in [0.1, 0.15) is 5.15 Å². The van der Waals surface area contributed by atoms with E-state index in [1.54, 1.807) is 4.68 Å². The molecule has 0 saturated carbocycles. The molecule has 0 aliphatic carbocycles. The lowest BCUT2D eigenvalue weighted by molar-refractivity contribution is 0.112. The number of rotatable bonds is 7. The van der Waals surface area contributed by atoms with E-state index < -0.39 is 0 Å². The Labute approximate surface area is 107 Å². The number of nitrogens with one attached hydrogen (secondary N) is 1. The van der Waals surface area contributed by atoms with Crippen molar-refractivity contribution in [2.75, 3.05) is 13.2 Å². The Morgan fingerprint density at radius 2 is 2.29 bits per heavy atom. The second kappa shape index (κ2) is 6.96. The summed E-state index contributed by atoms with van der Waals surface area (Å²) >= 11 is 6.17. The molecule has 98 valence electrons. The van der Waals surface area contributed by atoms with Crippen molar-refractivity contribution in [3.8, 4) is 0 Å². The molecule has 0 amide bonds. The van der Waals surface area contributed by atoms with Gasteiger partial charge in [0.15, 0.2) is 0 Å². The van der Waals surface area contributed by atoms with E-state index >= 15 is 0 Å². The van der Waals surface area contributed by atoms with E-state index in [2.05, 4.69) is 17.4 Å². The highest BCUT2D eigenvalue weighted by Gasteiger charge is 2.16. The summed E-state index contributed by atoms with van der Waals surface area (Å²) in [5.74, 6) is 5.51. The second-order valence-corrected chi connectivity index (χ2v) is 4.48. The molecule has 0 aliphatic heterocycles. The van der Waals surface area contributed by atoms with Gasteiger partial charge in [-0.1, -0.05) is 18.5 Å². The number of halogens is 1. The van der Waals surface area contributed by atoms with Gasteiger partial charge in [0.05, 0.1) is 12.3 Å². The summed E-state index contributed by atoms with van der Waals surface area (Å²) in [6.45, 7) is 5.35. The van der Waals surface area contributed by atoms with Crippen molar-refractivity contribution in [3.63, 3.8) is 0 Å². The lowest BCUT2D eigenvalue weighted by Gasteiger charge is -2.15. The molecular formula is C11H21ClN4O. The number of nitrogens with zero attached hydrogens (tertiary/aromatic N) is 2. The molecule has 0 fully saturated rings. The highest BCUT2D eigenvalue weighted by molar-refractivity contribution is 6.30. The van der Waals surface area contributed by atoms with Crippen molar-refractivity contribution < 1.29 is 4.74 Å². The van der Waals surface area contributed by atoms with Crippen LogP contribution < -0.4 is 11.3 Å². The molecule has 0 spiro atoms. The van der Waals surface area contributed by atoms with Crippen molar-refractivity contribution in [2.45, 2.75) is 32.7 Å². The maximum absolute atomic E-state index is 6.17. The zero-order valence-corrected chi connectivity index (χ0v) is 11.4. The summed E-state index contributed by atoms with van der Waals surface area (Å²) in [6.07, 6.45) is 1.72. The van der Waals surface area contributed by atoms with E-state index in [-0.39, 0.29) is 6.04 Å². The first-order valence-electron chi connectivity index (χ1n) is 5.82. The number of ether oxygens (including phenoxy) is 1. The van der Waals surface area contributed by atoms with Gasteiger partial charge < -0.3 is 4.74 Å². The molecule has 0 radical (unpaired) electrons. The number of hydrazine groups is 1. The molecule has 1 aromatic rings. The zero-order valence-electron chi connectivity index (χ0n) is 10.7. The minimum absolute atomic E-state index is 0.0574. The lowest BCUT2D eigenvalue weighted by Crippen LogP contribution is -2.40. The van der Waals surface area contributed by atoms with Crippen molar-refractivity contribution >= 4 is 11.6 Å². The highest BCUT2D eigenvalue weighted by atomic mass is 35.5. The molecular weight excluding hydrogens is 240 g/mol. The number of hydrogen-bond acceptors (Lipinski definition) is 4. The molecule has 0 aliphatic rings. The zero-order chi connectivity index (χ0) is 12.8. The van der Waals surface area contributed by atoms with E-state index in [0.29, 0.717) is 11.8 Å². The van der Waals surface area contributed by atoms with Gasteiger partial charge in [0, 0.05) is 25.3 Å². The first kappa shape index (κ1) is 14.4. The van der Waals surface area contributed by atoms with Crippen LogP contribution in [0.15, 0.2) is 0 Å². The topological polar surface area (TPSA) is 65.1 Å². The average Bonchev–Trinajstić information content (AvgIpc) is 2.54. The Kier molecular flexibility index (Phi) is 5.91. The predicted molar refractivity (Wildman–Crippen MR) is 68.9 cm³/mol. The Balaban J connectivity index is 2.60. The van der Waals surface area contributed by atoms with Gasteiger partial charge in [-0.2, -0.15) is 5.10 Å². The van der Waals surface area contributed by atoms with Crippen LogP contribution in [0.2, 0.25) is 5.15 Å². The van der Waals surface area contributed by atoms with Crippen molar-refractivity contribution in [2.24, 2.45) is 12.9 Å². The lowest BCUT2D eigenvalue weighted by atomic mass is 10.1. The molecule has 1 heterocycles. The van der Waals surface area contributed by atoms with Crippen LogP contribution >= 0.6 is 11.6 Å². The van der Waals surface area contributed by atoms with Gasteiger partial charge in [0.2, 0.25) is 0 Å². The minimum Gasteiger partial charge on any atom is -0.380 e. The fraction of sp³-hybridized carbons (Fsp3) is 0.727. The second-order valence-electron chi connectivity index (χ2n) is 4.12. The molecule has 1 rings (SSSR count). The van der Waals surface area contributed by atoms with E-state index in [1.165, 1.54) is 0 Å². The third-order valence-corrected chi connectivity index (χ3v) is 3.10. The van der Waals surface area contributed by atoms with Gasteiger partial charge in [-0.3, -0.25) is 16.0 Å². The molecule has 1 aromatic heterocycles. The summed E-state index contributed by atoms with van der Waals surface area (Å²) in [5.41, 5.74) is 4.72. The fourth-order valence-electron chi connectivity index (χ4n) is 1.69. The SMILES string of the molecule is CCCOCC(Cc1c(C)nn(C)c1Cl)NN. The quantitative estimate of drug-likeness (QED) is 0.439. The number of nitrogens with two attached hydrogens (primary N) is 1. The van der Waals surface area contributed by atoms with Gasteiger partial charge in [-0.05, 0) is 19.8 Å². The Bertz CT molecular complexity index is 353. The molecule has 0 bridgehead atoms. The minimum atomic E-state index is 0.0574. The molecule has 6 heteroatoms. The molecule has 3 N–H and O–H groups in total. The molecule has 5 nitrogen and oxygen atoms in total. The van der Waals surface area contributed by atoms with Crippen molar-refractivity contribution in [3.05, 3.63) is 16.4 Å². The molecule has 0 aromatic carbocycles. The monoisotopic (exact) mass is 260 g/mol. The Morgan fingerprint density at radius 1 is 1.59 bits per heavy atom. The van der Waals surface area contributed by atoms with Gasteiger partial charge in [-0.15, -0.1) is 0 Å². The highest BCUT2D eigenvalue weighted by Crippen LogP contribution is 2.20. The van der Waals surface area contributed by atoms with Crippen LogP contribution in [0.25, 0.3) is 0 Å². The van der Waals surface area contributed by atoms with E-state index in [1.807, 2.05) is 14.0 Å². The van der Waals surface area contributed by atoms with Gasteiger partial charge in [0.25, 0.3) is 0 Å². The van der Waals surface area contributed by atoms with Gasteiger partial charge in [-0.25, -0.2) is 0 Å². The van der Waals surface area contributed by atoms with E-state index in [0.717, 1.165) is 30.7 Å². The first-order valence-corrected chi connectivity index (χ1v) is 6.19. The summed E-state index contributed by atoms with van der Waals surface area (Å²) in [5, 5.41) is 4.93. The van der Waals surface area contributed by atoms with Crippen molar-refractivity contribution in [1.29, 1.82) is 0 Å². The van der Waals surface area contributed by atoms with Crippen molar-refractivity contribution in [1.82, 2.24) is 15.2 Å². The smallest absolute Gasteiger partial charge is 0.130 e. The summed E-state index contributed by atoms with van der Waals surface area (Å²) < 4.78 is 7.16. The van der Waals surface area contributed by atoms with Crippen LogP contribution in [0.4, 0.5) is 0 Å². The van der Waals surface area contributed by atoms with E-state index in [4.69, 9.17) is 22.2 Å². The van der Waals surface area contributed by atoms with Crippen LogP contribution in [-0.4, -0.2) is 29.0 Å². The summed E-state index contributed by atoms with van der Waals surface area (Å²) in [4.78, 5) is 0. The van der Waals surface area contributed by atoms with Crippen LogP contribution in [0, 0.1) is 6.92 Å². The van der Waals surface area contributed by atoms with Crippen LogP contribution in [0.5, 0.6) is 0 Å². The number of hydrogen-bond donors (Lipinski definition) is 2. The van der Waals surface area contributed by atoms with Crippen LogP contribution in [-0.2, 0) is 18.2 Å². The van der Waals surface area contributed by atoms with Crippen LogP contribution in [0.3, 0.4) is 0 Å². The molecule has 17 heavy (non-hydrogen) atoms. The standard InChI is InChI=1S/C11H21ClN4O/c1-4-5-17-7-9(14-13)6-10-8(2)15-16(3)11(10)12/h9,14H,4-7,13H2,1-3H3. The van der Waals surface area contributed by atoms with Gasteiger partial charge >= 0.3 is 0 Å². The molecule has 1 atom stereocenters. The number of aromatic nitrogens is 2. The predicted octanol–water partition coefficient (Wildman–Crippen LogP) is 1.18. The maximum atomic E-state index is 6.17. The normalized spacial score (nSPS) is 13.0. The maximum Gasteiger partial charge on any atom is 0.130 e. The first-order chi connectivity index (χ1) is 8.10. The summed E-state index contributed by atoms with van der Waals surface area (Å²) in [7, 11) is 1.83. The molecule has 1 unspecified atom stereocenters. The average molecular weight is 261 g/mol. The number of aryl methyl sites for hydroxylation is 2. The largest absolute Gasteiger partial charge is 0.380 e. The van der Waals surface area contributed by atoms with Crippen LogP contribution in [0.1, 0.15) is 24.6 Å². The third-order valence-electron chi connectivity index (χ3n) is 2.62. The summed E-state index contributed by atoms with van der Waals surface area (Å²) in [6, 6.07) is 0.0574. The Hall–Kier alpha value is -0.620. The molecule has 0 saturated heterocycles. The third kappa shape index (κ3) is 3.96. The van der Waals surface area contributed by atoms with E-state index in [9.17, 15) is 0 Å². The fourth-order valence-corrected chi connectivity index (χ4v) is 1.94. The Morgan fingerprint density at radius 3 is 2.76 bits per heavy atom.